The van der Waals surface area contributed by atoms with Crippen LogP contribution in [0.5, 0.6) is 5.75 Å². The standard InChI is InChI=1S/C19H15ClN2O2S/c1-12-21-16(11-25-12)14-5-6-18-17(8-14)22(19(23)10-24-18)9-13-3-2-4-15(20)7-13/h2-8,11H,9-10H2,1H3. The fraction of sp³-hybridized carbons (Fsp3) is 0.158. The number of amides is 1. The van der Waals surface area contributed by atoms with Crippen LogP contribution in [0.15, 0.2) is 47.8 Å². The van der Waals surface area contributed by atoms with Crippen LogP contribution in [0.25, 0.3) is 11.3 Å². The average Bonchev–Trinajstić information content (AvgIpc) is 3.04. The summed E-state index contributed by atoms with van der Waals surface area (Å²) in [5.41, 5.74) is 3.62. The second-order valence-electron chi connectivity index (χ2n) is 5.83. The van der Waals surface area contributed by atoms with Gasteiger partial charge in [-0.05, 0) is 42.8 Å². The molecule has 2 aromatic carbocycles. The van der Waals surface area contributed by atoms with Gasteiger partial charge >= 0.3 is 0 Å². The van der Waals surface area contributed by atoms with Gasteiger partial charge in [0.05, 0.1) is 22.9 Å². The van der Waals surface area contributed by atoms with E-state index < -0.39 is 0 Å². The number of nitrogens with zero attached hydrogens (tertiary/aromatic N) is 2. The summed E-state index contributed by atoms with van der Waals surface area (Å²) in [5.74, 6) is 0.636. The SMILES string of the molecule is Cc1nc(-c2ccc3c(c2)N(Cc2cccc(Cl)c2)C(=O)CO3)cs1. The van der Waals surface area contributed by atoms with Crippen molar-refractivity contribution in [2.45, 2.75) is 13.5 Å². The summed E-state index contributed by atoms with van der Waals surface area (Å²) >= 11 is 7.68. The van der Waals surface area contributed by atoms with Crippen molar-refractivity contribution in [2.24, 2.45) is 0 Å². The number of carbonyl (C=O) groups excluding carboxylic acids is 1. The minimum Gasteiger partial charge on any atom is -0.482 e. The van der Waals surface area contributed by atoms with E-state index in [2.05, 4.69) is 4.98 Å². The first-order chi connectivity index (χ1) is 12.1. The predicted molar refractivity (Wildman–Crippen MR) is 100 cm³/mol. The number of benzene rings is 2. The lowest BCUT2D eigenvalue weighted by atomic mass is 10.1. The van der Waals surface area contributed by atoms with E-state index in [9.17, 15) is 4.79 Å². The van der Waals surface area contributed by atoms with Gasteiger partial charge in [0.25, 0.3) is 5.91 Å². The summed E-state index contributed by atoms with van der Waals surface area (Å²) in [6.07, 6.45) is 0. The number of aromatic nitrogens is 1. The van der Waals surface area contributed by atoms with Crippen LogP contribution in [0.4, 0.5) is 5.69 Å². The molecule has 0 aliphatic carbocycles. The Labute approximate surface area is 154 Å². The van der Waals surface area contributed by atoms with Gasteiger partial charge in [-0.1, -0.05) is 23.7 Å². The largest absolute Gasteiger partial charge is 0.482 e. The zero-order valence-electron chi connectivity index (χ0n) is 13.5. The quantitative estimate of drug-likeness (QED) is 0.671. The minimum absolute atomic E-state index is 0.0444. The highest BCUT2D eigenvalue weighted by atomic mass is 35.5. The molecule has 4 nitrogen and oxygen atoms in total. The van der Waals surface area contributed by atoms with Crippen molar-refractivity contribution in [1.82, 2.24) is 4.98 Å². The van der Waals surface area contributed by atoms with Crippen LogP contribution in [-0.2, 0) is 11.3 Å². The predicted octanol–water partition coefficient (Wildman–Crippen LogP) is 4.70. The van der Waals surface area contributed by atoms with Crippen molar-refractivity contribution >= 4 is 34.5 Å². The van der Waals surface area contributed by atoms with E-state index in [0.29, 0.717) is 17.3 Å². The molecule has 126 valence electrons. The summed E-state index contributed by atoms with van der Waals surface area (Å²) in [5, 5.41) is 3.69. The highest BCUT2D eigenvalue weighted by Gasteiger charge is 2.26. The molecule has 0 saturated carbocycles. The van der Waals surface area contributed by atoms with Crippen LogP contribution >= 0.6 is 22.9 Å². The number of hydrogen-bond donors (Lipinski definition) is 0. The van der Waals surface area contributed by atoms with Crippen LogP contribution in [0, 0.1) is 6.92 Å². The lowest BCUT2D eigenvalue weighted by Gasteiger charge is -2.30. The number of rotatable bonds is 3. The second-order valence-corrected chi connectivity index (χ2v) is 7.33. The molecular formula is C19H15ClN2O2S. The van der Waals surface area contributed by atoms with E-state index in [1.54, 1.807) is 16.2 Å². The summed E-state index contributed by atoms with van der Waals surface area (Å²) in [4.78, 5) is 18.7. The Bertz CT molecular complexity index is 954. The Morgan fingerprint density at radius 3 is 2.92 bits per heavy atom. The number of carbonyl (C=O) groups is 1. The van der Waals surface area contributed by atoms with E-state index in [4.69, 9.17) is 16.3 Å². The van der Waals surface area contributed by atoms with Crippen LogP contribution in [0.1, 0.15) is 10.6 Å². The molecular weight excluding hydrogens is 356 g/mol. The third-order valence-electron chi connectivity index (χ3n) is 4.05. The molecule has 3 aromatic rings. The molecule has 1 aromatic heterocycles. The van der Waals surface area contributed by atoms with Crippen molar-refractivity contribution in [3.8, 4) is 17.0 Å². The van der Waals surface area contributed by atoms with Gasteiger partial charge in [0, 0.05) is 16.0 Å². The fourth-order valence-corrected chi connectivity index (χ4v) is 3.68. The first-order valence-electron chi connectivity index (χ1n) is 7.84. The van der Waals surface area contributed by atoms with Gasteiger partial charge in [-0.3, -0.25) is 4.79 Å². The maximum absolute atomic E-state index is 12.5. The molecule has 1 aliphatic rings. The highest BCUT2D eigenvalue weighted by Crippen LogP contribution is 2.37. The summed E-state index contributed by atoms with van der Waals surface area (Å²) in [6, 6.07) is 13.4. The molecule has 0 radical (unpaired) electrons. The zero-order chi connectivity index (χ0) is 17.4. The maximum Gasteiger partial charge on any atom is 0.265 e. The first-order valence-corrected chi connectivity index (χ1v) is 9.10. The molecule has 0 spiro atoms. The number of hydrogen-bond acceptors (Lipinski definition) is 4. The number of aryl methyl sites for hydroxylation is 1. The third-order valence-corrected chi connectivity index (χ3v) is 5.06. The average molecular weight is 371 g/mol. The Kier molecular flexibility index (Phi) is 4.19. The maximum atomic E-state index is 12.5. The number of thiazole rings is 1. The van der Waals surface area contributed by atoms with E-state index in [0.717, 1.165) is 27.5 Å². The fourth-order valence-electron chi connectivity index (χ4n) is 2.85. The van der Waals surface area contributed by atoms with E-state index in [1.165, 1.54) is 0 Å². The Morgan fingerprint density at radius 1 is 1.28 bits per heavy atom. The van der Waals surface area contributed by atoms with Gasteiger partial charge in [-0.25, -0.2) is 4.98 Å². The van der Waals surface area contributed by atoms with Gasteiger partial charge in [0.1, 0.15) is 5.75 Å². The number of halogens is 1. The van der Waals surface area contributed by atoms with Crippen LogP contribution in [0.3, 0.4) is 0 Å². The lowest BCUT2D eigenvalue weighted by molar-refractivity contribution is -0.121. The highest BCUT2D eigenvalue weighted by molar-refractivity contribution is 7.09. The van der Waals surface area contributed by atoms with E-state index >= 15 is 0 Å². The van der Waals surface area contributed by atoms with Gasteiger partial charge < -0.3 is 9.64 Å². The van der Waals surface area contributed by atoms with Crippen LogP contribution < -0.4 is 9.64 Å². The Hall–Kier alpha value is -2.37. The van der Waals surface area contributed by atoms with Gasteiger partial charge in [-0.15, -0.1) is 11.3 Å². The van der Waals surface area contributed by atoms with Crippen LogP contribution in [0.2, 0.25) is 5.02 Å². The molecule has 0 saturated heterocycles. The topological polar surface area (TPSA) is 42.4 Å². The molecule has 25 heavy (non-hydrogen) atoms. The van der Waals surface area contributed by atoms with Crippen molar-refractivity contribution in [2.75, 3.05) is 11.5 Å². The van der Waals surface area contributed by atoms with Crippen molar-refractivity contribution in [1.29, 1.82) is 0 Å². The summed E-state index contributed by atoms with van der Waals surface area (Å²) in [7, 11) is 0. The molecule has 2 heterocycles. The molecule has 6 heteroatoms. The number of anilines is 1. The molecule has 0 bridgehead atoms. The molecule has 0 fully saturated rings. The van der Waals surface area contributed by atoms with Crippen molar-refractivity contribution in [3.05, 3.63) is 63.4 Å². The third kappa shape index (κ3) is 3.25. The van der Waals surface area contributed by atoms with E-state index in [-0.39, 0.29) is 12.5 Å². The molecule has 4 rings (SSSR count). The number of ether oxygens (including phenoxy) is 1. The van der Waals surface area contributed by atoms with Gasteiger partial charge in [0.2, 0.25) is 0 Å². The molecule has 1 aliphatic heterocycles. The van der Waals surface area contributed by atoms with Crippen LogP contribution in [-0.4, -0.2) is 17.5 Å². The second kappa shape index (κ2) is 6.50. The van der Waals surface area contributed by atoms with E-state index in [1.807, 2.05) is 54.8 Å². The Balaban J connectivity index is 1.73. The monoisotopic (exact) mass is 370 g/mol. The molecule has 1 amide bonds. The molecule has 0 N–H and O–H groups in total. The molecule has 0 unspecified atom stereocenters. The summed E-state index contributed by atoms with van der Waals surface area (Å²) < 4.78 is 5.59. The van der Waals surface area contributed by atoms with Crippen molar-refractivity contribution < 1.29 is 9.53 Å². The number of fused-ring (bicyclic) bond motifs is 1. The van der Waals surface area contributed by atoms with Gasteiger partial charge in [-0.2, -0.15) is 0 Å². The normalized spacial score (nSPS) is 13.5. The molecule has 0 atom stereocenters. The minimum atomic E-state index is -0.0703. The smallest absolute Gasteiger partial charge is 0.265 e. The first kappa shape index (κ1) is 16.1. The zero-order valence-corrected chi connectivity index (χ0v) is 15.1. The summed E-state index contributed by atoms with van der Waals surface area (Å²) in [6.45, 7) is 2.47. The Morgan fingerprint density at radius 2 is 2.16 bits per heavy atom. The van der Waals surface area contributed by atoms with Crippen molar-refractivity contribution in [3.63, 3.8) is 0 Å². The van der Waals surface area contributed by atoms with Gasteiger partial charge in [0.15, 0.2) is 6.61 Å². The lowest BCUT2D eigenvalue weighted by Crippen LogP contribution is -2.38.